The minimum absolute atomic E-state index is 0.00732. The van der Waals surface area contributed by atoms with Crippen LogP contribution < -0.4 is 5.32 Å². The third kappa shape index (κ3) is 3.57. The van der Waals surface area contributed by atoms with Crippen LogP contribution in [0.5, 0.6) is 0 Å². The first-order valence-electron chi connectivity index (χ1n) is 5.95. The van der Waals surface area contributed by atoms with Gasteiger partial charge in [0.25, 0.3) is 10.0 Å². The summed E-state index contributed by atoms with van der Waals surface area (Å²) in [6.45, 7) is 6.79. The van der Waals surface area contributed by atoms with Crippen molar-refractivity contribution in [2.45, 2.75) is 44.4 Å². The van der Waals surface area contributed by atoms with Crippen molar-refractivity contribution in [2.24, 2.45) is 0 Å². The lowest BCUT2D eigenvalue weighted by Crippen LogP contribution is -2.37. The fraction of sp³-hybridized carbons (Fsp3) is 0.667. The van der Waals surface area contributed by atoms with E-state index in [1.807, 2.05) is 0 Å². The van der Waals surface area contributed by atoms with Crippen LogP contribution >= 0.6 is 0 Å². The summed E-state index contributed by atoms with van der Waals surface area (Å²) < 4.78 is 30.1. The average Bonchev–Trinajstić information content (AvgIpc) is 2.75. The number of rotatable bonds is 6. The lowest BCUT2D eigenvalue weighted by atomic mass is 10.0. The van der Waals surface area contributed by atoms with E-state index in [-0.39, 0.29) is 10.6 Å². The summed E-state index contributed by atoms with van der Waals surface area (Å²) in [4.78, 5) is 0. The number of furan rings is 1. The van der Waals surface area contributed by atoms with Gasteiger partial charge in [0.2, 0.25) is 5.09 Å². The summed E-state index contributed by atoms with van der Waals surface area (Å²) in [5, 5.41) is 3.30. The summed E-state index contributed by atoms with van der Waals surface area (Å²) in [5.41, 5.74) is 0.00732. The van der Waals surface area contributed by atoms with Crippen LogP contribution in [0.4, 0.5) is 0 Å². The van der Waals surface area contributed by atoms with Crippen molar-refractivity contribution in [3.8, 4) is 0 Å². The van der Waals surface area contributed by atoms with E-state index in [1.165, 1.54) is 20.2 Å². The summed E-state index contributed by atoms with van der Waals surface area (Å²) in [6, 6.07) is 3.18. The summed E-state index contributed by atoms with van der Waals surface area (Å²) in [5.74, 6) is 0.622. The largest absolute Gasteiger partial charge is 0.447 e. The highest BCUT2D eigenvalue weighted by Gasteiger charge is 2.22. The average molecular weight is 274 g/mol. The quantitative estimate of drug-likeness (QED) is 0.859. The Morgan fingerprint density at radius 1 is 1.33 bits per heavy atom. The molecule has 0 aliphatic rings. The highest BCUT2D eigenvalue weighted by atomic mass is 32.2. The second-order valence-electron chi connectivity index (χ2n) is 5.10. The van der Waals surface area contributed by atoms with E-state index in [9.17, 15) is 8.42 Å². The van der Waals surface area contributed by atoms with Gasteiger partial charge in [-0.3, -0.25) is 0 Å². The molecule has 1 heterocycles. The third-order valence-corrected chi connectivity index (χ3v) is 4.69. The molecule has 0 radical (unpaired) electrons. The number of nitrogens with one attached hydrogen (secondary N) is 1. The summed E-state index contributed by atoms with van der Waals surface area (Å²) in [7, 11) is -0.512. The van der Waals surface area contributed by atoms with Gasteiger partial charge in [-0.2, -0.15) is 0 Å². The molecule has 104 valence electrons. The van der Waals surface area contributed by atoms with Gasteiger partial charge in [-0.15, -0.1) is 0 Å². The normalized spacial score (nSPS) is 13.2. The van der Waals surface area contributed by atoms with Crippen LogP contribution in [-0.2, 0) is 16.6 Å². The Balaban J connectivity index is 2.77. The van der Waals surface area contributed by atoms with Crippen LogP contribution in [0.2, 0.25) is 0 Å². The molecule has 6 heteroatoms. The molecule has 0 aliphatic heterocycles. The van der Waals surface area contributed by atoms with Crippen LogP contribution in [0.3, 0.4) is 0 Å². The molecule has 0 aromatic carbocycles. The van der Waals surface area contributed by atoms with Crippen molar-refractivity contribution < 1.29 is 12.8 Å². The second kappa shape index (κ2) is 5.42. The number of hydrogen-bond donors (Lipinski definition) is 1. The van der Waals surface area contributed by atoms with Crippen molar-refractivity contribution >= 4 is 10.0 Å². The van der Waals surface area contributed by atoms with Gasteiger partial charge in [0.05, 0.1) is 6.54 Å². The topological polar surface area (TPSA) is 62.6 Å². The Hall–Kier alpha value is -0.850. The first-order valence-corrected chi connectivity index (χ1v) is 7.39. The minimum Gasteiger partial charge on any atom is -0.447 e. The molecule has 1 rings (SSSR count). The van der Waals surface area contributed by atoms with Gasteiger partial charge in [-0.25, -0.2) is 12.7 Å². The molecule has 0 bridgehead atoms. The number of hydrogen-bond acceptors (Lipinski definition) is 4. The molecule has 0 atom stereocenters. The first-order chi connectivity index (χ1) is 8.19. The molecule has 0 spiro atoms. The van der Waals surface area contributed by atoms with Gasteiger partial charge in [-0.05, 0) is 32.4 Å². The Kier molecular flexibility index (Phi) is 4.58. The molecule has 0 saturated heterocycles. The van der Waals surface area contributed by atoms with Gasteiger partial charge in [-0.1, -0.05) is 6.92 Å². The number of sulfonamides is 1. The monoisotopic (exact) mass is 274 g/mol. The molecule has 1 aromatic heterocycles. The highest BCUT2D eigenvalue weighted by Crippen LogP contribution is 2.17. The van der Waals surface area contributed by atoms with Crippen molar-refractivity contribution in [3.05, 3.63) is 17.9 Å². The van der Waals surface area contributed by atoms with Crippen LogP contribution in [0.15, 0.2) is 21.6 Å². The zero-order chi connectivity index (χ0) is 14.0. The van der Waals surface area contributed by atoms with Crippen molar-refractivity contribution in [1.82, 2.24) is 9.62 Å². The molecule has 0 saturated carbocycles. The standard InChI is InChI=1S/C12H22N2O3S/c1-6-12(2,3)13-9-10-7-8-11(17-10)18(15,16)14(4)5/h7-8,13H,6,9H2,1-5H3. The maximum absolute atomic E-state index is 11.8. The predicted octanol–water partition coefficient (Wildman–Crippen LogP) is 1.81. The van der Waals surface area contributed by atoms with Crippen LogP contribution in [0, 0.1) is 0 Å². The highest BCUT2D eigenvalue weighted by molar-refractivity contribution is 7.88. The van der Waals surface area contributed by atoms with Crippen molar-refractivity contribution in [3.63, 3.8) is 0 Å². The predicted molar refractivity (Wildman–Crippen MR) is 70.8 cm³/mol. The van der Waals surface area contributed by atoms with Crippen molar-refractivity contribution in [2.75, 3.05) is 14.1 Å². The maximum Gasteiger partial charge on any atom is 0.275 e. The van der Waals surface area contributed by atoms with Gasteiger partial charge >= 0.3 is 0 Å². The van der Waals surface area contributed by atoms with E-state index in [1.54, 1.807) is 6.07 Å². The molecule has 1 N–H and O–H groups in total. The van der Waals surface area contributed by atoms with E-state index >= 15 is 0 Å². The van der Waals surface area contributed by atoms with Crippen LogP contribution in [0.25, 0.3) is 0 Å². The second-order valence-corrected chi connectivity index (χ2v) is 7.18. The van der Waals surface area contributed by atoms with Crippen LogP contribution in [0.1, 0.15) is 33.0 Å². The Morgan fingerprint density at radius 3 is 2.44 bits per heavy atom. The third-order valence-electron chi connectivity index (χ3n) is 3.00. The minimum atomic E-state index is -3.48. The molecular formula is C12H22N2O3S. The van der Waals surface area contributed by atoms with E-state index in [4.69, 9.17) is 4.42 Å². The van der Waals surface area contributed by atoms with Crippen molar-refractivity contribution in [1.29, 1.82) is 0 Å². The SMILES string of the molecule is CCC(C)(C)NCc1ccc(S(=O)(=O)N(C)C)o1. The smallest absolute Gasteiger partial charge is 0.275 e. The molecular weight excluding hydrogens is 252 g/mol. The Labute approximate surface area is 109 Å². The Bertz CT molecular complexity index is 489. The molecule has 0 amide bonds. The lowest BCUT2D eigenvalue weighted by Gasteiger charge is -2.23. The van der Waals surface area contributed by atoms with Gasteiger partial charge in [0.1, 0.15) is 5.76 Å². The fourth-order valence-corrected chi connectivity index (χ4v) is 2.04. The van der Waals surface area contributed by atoms with E-state index in [0.29, 0.717) is 12.3 Å². The fourth-order valence-electron chi connectivity index (χ4n) is 1.22. The summed E-state index contributed by atoms with van der Waals surface area (Å²) >= 11 is 0. The van der Waals surface area contributed by atoms with E-state index in [2.05, 4.69) is 26.1 Å². The summed E-state index contributed by atoms with van der Waals surface area (Å²) in [6.07, 6.45) is 0.983. The van der Waals surface area contributed by atoms with E-state index in [0.717, 1.165) is 10.7 Å². The first kappa shape index (κ1) is 15.2. The van der Waals surface area contributed by atoms with Crippen LogP contribution in [-0.4, -0.2) is 32.4 Å². The molecule has 0 fully saturated rings. The molecule has 1 aromatic rings. The van der Waals surface area contributed by atoms with E-state index < -0.39 is 10.0 Å². The van der Waals surface area contributed by atoms with Gasteiger partial charge in [0, 0.05) is 19.6 Å². The zero-order valence-corrected chi connectivity index (χ0v) is 12.5. The maximum atomic E-state index is 11.8. The van der Waals surface area contributed by atoms with Gasteiger partial charge < -0.3 is 9.73 Å². The zero-order valence-electron chi connectivity index (χ0n) is 11.6. The molecule has 0 aliphatic carbocycles. The van der Waals surface area contributed by atoms with Gasteiger partial charge in [0.15, 0.2) is 0 Å². The number of nitrogens with zero attached hydrogens (tertiary/aromatic N) is 1. The molecule has 18 heavy (non-hydrogen) atoms. The molecule has 0 unspecified atom stereocenters. The Morgan fingerprint density at radius 2 is 1.94 bits per heavy atom. The lowest BCUT2D eigenvalue weighted by molar-refractivity contribution is 0.333. The molecule has 5 nitrogen and oxygen atoms in total.